The summed E-state index contributed by atoms with van der Waals surface area (Å²) in [5.41, 5.74) is 4.66. The first-order valence-electron chi connectivity index (χ1n) is 10.9. The van der Waals surface area contributed by atoms with E-state index >= 15 is 0 Å². The molecule has 0 fully saturated rings. The molecule has 3 aromatic rings. The van der Waals surface area contributed by atoms with Crippen LogP contribution in [-0.4, -0.2) is 24.8 Å². The van der Waals surface area contributed by atoms with Gasteiger partial charge in [0.25, 0.3) is 17.7 Å². The molecule has 0 radical (unpaired) electrons. The molecule has 1 aliphatic heterocycles. The lowest BCUT2D eigenvalue weighted by Crippen LogP contribution is -2.32. The third-order valence-corrected chi connectivity index (χ3v) is 6.20. The van der Waals surface area contributed by atoms with Crippen molar-refractivity contribution in [2.24, 2.45) is 0 Å². The predicted molar refractivity (Wildman–Crippen MR) is 137 cm³/mol. The highest BCUT2D eigenvalue weighted by atomic mass is 35.5. The number of carbonyl (C=O) groups excluding carboxylic acids is 3. The van der Waals surface area contributed by atoms with E-state index in [1.54, 1.807) is 36.4 Å². The largest absolute Gasteiger partial charge is 0.495 e. The zero-order valence-corrected chi connectivity index (χ0v) is 20.5. The number of nitrogens with zero attached hydrogens (tertiary/aromatic N) is 1. The highest BCUT2D eigenvalue weighted by Crippen LogP contribution is 2.36. The molecule has 0 spiro atoms. The van der Waals surface area contributed by atoms with Gasteiger partial charge in [-0.1, -0.05) is 35.9 Å². The second kappa shape index (κ2) is 9.64. The molecule has 1 heterocycles. The molecule has 0 atom stereocenters. The Morgan fingerprint density at radius 3 is 2.43 bits per heavy atom. The smallest absolute Gasteiger partial charge is 0.283 e. The van der Waals surface area contributed by atoms with Gasteiger partial charge in [0.1, 0.15) is 16.5 Å². The van der Waals surface area contributed by atoms with E-state index < -0.39 is 11.8 Å². The number of nitrogens with one attached hydrogen (secondary N) is 2. The fourth-order valence-corrected chi connectivity index (χ4v) is 3.98. The summed E-state index contributed by atoms with van der Waals surface area (Å²) in [4.78, 5) is 39.9. The van der Waals surface area contributed by atoms with Gasteiger partial charge in [-0.3, -0.25) is 14.4 Å². The van der Waals surface area contributed by atoms with Crippen molar-refractivity contribution in [1.82, 2.24) is 0 Å². The van der Waals surface area contributed by atoms with Gasteiger partial charge in [0, 0.05) is 16.9 Å². The standard InChI is InChI=1S/C27H24ClN3O4/c1-15-11-12-22(35-4)21(13-15)31-26(33)23(28)24(27(31)34)29-19-9-6-8-18(14-19)25(32)30-20-10-5-7-16(2)17(20)3/h5-14,29H,1-4H3,(H,30,32). The van der Waals surface area contributed by atoms with Gasteiger partial charge in [-0.05, 0) is 73.9 Å². The Balaban J connectivity index is 1.58. The van der Waals surface area contributed by atoms with E-state index in [0.717, 1.165) is 27.3 Å². The topological polar surface area (TPSA) is 87.7 Å². The summed E-state index contributed by atoms with van der Waals surface area (Å²) >= 11 is 6.28. The van der Waals surface area contributed by atoms with Crippen LogP contribution in [-0.2, 0) is 9.59 Å². The SMILES string of the molecule is COc1ccc(C)cc1N1C(=O)C(Cl)=C(Nc2cccc(C(=O)Nc3cccc(C)c3C)c2)C1=O. The molecule has 4 rings (SSSR count). The highest BCUT2D eigenvalue weighted by Gasteiger charge is 2.40. The summed E-state index contributed by atoms with van der Waals surface area (Å²) in [6, 6.07) is 17.5. The van der Waals surface area contributed by atoms with Crippen molar-refractivity contribution < 1.29 is 19.1 Å². The van der Waals surface area contributed by atoms with Gasteiger partial charge in [0.2, 0.25) is 0 Å². The van der Waals surface area contributed by atoms with Crippen LogP contribution in [0.3, 0.4) is 0 Å². The first-order chi connectivity index (χ1) is 16.7. The summed E-state index contributed by atoms with van der Waals surface area (Å²) in [5.74, 6) is -1.21. The molecule has 7 nitrogen and oxygen atoms in total. The zero-order chi connectivity index (χ0) is 25.3. The molecule has 8 heteroatoms. The van der Waals surface area contributed by atoms with Crippen LogP contribution in [0.1, 0.15) is 27.0 Å². The molecule has 0 saturated carbocycles. The number of halogens is 1. The van der Waals surface area contributed by atoms with Gasteiger partial charge < -0.3 is 15.4 Å². The number of hydrogen-bond acceptors (Lipinski definition) is 5. The van der Waals surface area contributed by atoms with E-state index in [9.17, 15) is 14.4 Å². The molecular formula is C27H24ClN3O4. The third-order valence-electron chi connectivity index (χ3n) is 5.85. The number of ether oxygens (including phenoxy) is 1. The number of carbonyl (C=O) groups is 3. The Morgan fingerprint density at radius 1 is 0.943 bits per heavy atom. The summed E-state index contributed by atoms with van der Waals surface area (Å²) in [7, 11) is 1.46. The van der Waals surface area contributed by atoms with Gasteiger partial charge in [-0.25, -0.2) is 4.90 Å². The Morgan fingerprint density at radius 2 is 1.69 bits per heavy atom. The quantitative estimate of drug-likeness (QED) is 0.458. The molecule has 0 bridgehead atoms. The number of anilines is 3. The Hall–Kier alpha value is -4.10. The van der Waals surface area contributed by atoms with Crippen LogP contribution in [0.5, 0.6) is 5.75 Å². The minimum absolute atomic E-state index is 0.0766. The molecule has 0 unspecified atom stereocenters. The second-order valence-corrected chi connectivity index (χ2v) is 8.60. The summed E-state index contributed by atoms with van der Waals surface area (Å²) in [6.45, 7) is 5.76. The van der Waals surface area contributed by atoms with Crippen LogP contribution >= 0.6 is 11.6 Å². The predicted octanol–water partition coefficient (Wildman–Crippen LogP) is 5.31. The Bertz CT molecular complexity index is 1400. The molecule has 1 aliphatic rings. The van der Waals surface area contributed by atoms with Gasteiger partial charge in [0.15, 0.2) is 0 Å². The number of hydrogen-bond donors (Lipinski definition) is 2. The maximum absolute atomic E-state index is 13.2. The number of imide groups is 1. The van der Waals surface area contributed by atoms with Gasteiger partial charge in [-0.2, -0.15) is 0 Å². The fraction of sp³-hybridized carbons (Fsp3) is 0.148. The van der Waals surface area contributed by atoms with Crippen molar-refractivity contribution in [3.05, 3.63) is 93.6 Å². The first kappa shape index (κ1) is 24.0. The minimum atomic E-state index is -0.660. The second-order valence-electron chi connectivity index (χ2n) is 8.22. The van der Waals surface area contributed by atoms with Crippen LogP contribution in [0.4, 0.5) is 17.1 Å². The number of methoxy groups -OCH3 is 1. The Kier molecular flexibility index (Phi) is 6.62. The van der Waals surface area contributed by atoms with Gasteiger partial charge >= 0.3 is 0 Å². The summed E-state index contributed by atoms with van der Waals surface area (Å²) in [5, 5.41) is 5.58. The molecule has 35 heavy (non-hydrogen) atoms. The summed E-state index contributed by atoms with van der Waals surface area (Å²) in [6.07, 6.45) is 0. The normalized spacial score (nSPS) is 13.3. The lowest BCUT2D eigenvalue weighted by atomic mass is 10.1. The van der Waals surface area contributed by atoms with Crippen LogP contribution in [0.2, 0.25) is 0 Å². The van der Waals surface area contributed by atoms with E-state index in [-0.39, 0.29) is 16.6 Å². The van der Waals surface area contributed by atoms with E-state index in [1.807, 2.05) is 45.0 Å². The summed E-state index contributed by atoms with van der Waals surface area (Å²) < 4.78 is 5.33. The van der Waals surface area contributed by atoms with Gasteiger partial charge in [-0.15, -0.1) is 0 Å². The lowest BCUT2D eigenvalue weighted by Gasteiger charge is -2.18. The fourth-order valence-electron chi connectivity index (χ4n) is 3.77. The van der Waals surface area contributed by atoms with Crippen molar-refractivity contribution in [2.75, 3.05) is 22.6 Å². The maximum Gasteiger partial charge on any atom is 0.283 e. The van der Waals surface area contributed by atoms with E-state index in [1.165, 1.54) is 7.11 Å². The van der Waals surface area contributed by atoms with Crippen molar-refractivity contribution >= 4 is 46.4 Å². The molecule has 3 aromatic carbocycles. The van der Waals surface area contributed by atoms with Crippen molar-refractivity contribution in [3.63, 3.8) is 0 Å². The zero-order valence-electron chi connectivity index (χ0n) is 19.7. The number of rotatable bonds is 6. The molecule has 2 N–H and O–H groups in total. The monoisotopic (exact) mass is 489 g/mol. The number of aryl methyl sites for hydroxylation is 2. The van der Waals surface area contributed by atoms with Crippen molar-refractivity contribution in [2.45, 2.75) is 20.8 Å². The van der Waals surface area contributed by atoms with Crippen LogP contribution in [0, 0.1) is 20.8 Å². The average molecular weight is 490 g/mol. The van der Waals surface area contributed by atoms with Crippen LogP contribution in [0.15, 0.2) is 71.4 Å². The molecule has 3 amide bonds. The lowest BCUT2D eigenvalue weighted by molar-refractivity contribution is -0.120. The maximum atomic E-state index is 13.2. The van der Waals surface area contributed by atoms with Crippen molar-refractivity contribution in [3.8, 4) is 5.75 Å². The number of amides is 3. The molecule has 0 saturated heterocycles. The van der Waals surface area contributed by atoms with E-state index in [0.29, 0.717) is 22.7 Å². The third kappa shape index (κ3) is 4.63. The molecule has 178 valence electrons. The number of benzene rings is 3. The van der Waals surface area contributed by atoms with Crippen molar-refractivity contribution in [1.29, 1.82) is 0 Å². The average Bonchev–Trinajstić information content (AvgIpc) is 3.05. The van der Waals surface area contributed by atoms with Crippen LogP contribution < -0.4 is 20.3 Å². The minimum Gasteiger partial charge on any atom is -0.495 e. The Labute approximate surface area is 208 Å². The molecular weight excluding hydrogens is 466 g/mol. The molecule has 0 aliphatic carbocycles. The van der Waals surface area contributed by atoms with Crippen LogP contribution in [0.25, 0.3) is 0 Å². The molecule has 0 aromatic heterocycles. The van der Waals surface area contributed by atoms with E-state index in [2.05, 4.69) is 10.6 Å². The van der Waals surface area contributed by atoms with E-state index in [4.69, 9.17) is 16.3 Å². The highest BCUT2D eigenvalue weighted by molar-refractivity contribution is 6.53. The van der Waals surface area contributed by atoms with Gasteiger partial charge in [0.05, 0.1) is 12.8 Å². The first-order valence-corrected chi connectivity index (χ1v) is 11.3.